The van der Waals surface area contributed by atoms with Gasteiger partial charge in [-0.1, -0.05) is 85.8 Å². The summed E-state index contributed by atoms with van der Waals surface area (Å²) < 4.78 is 0. The van der Waals surface area contributed by atoms with E-state index in [1.165, 1.54) is 23.0 Å². The van der Waals surface area contributed by atoms with E-state index < -0.39 is 0 Å². The zero-order valence-corrected chi connectivity index (χ0v) is 23.5. The molecule has 0 unspecified atom stereocenters. The van der Waals surface area contributed by atoms with Crippen LogP contribution in [0.3, 0.4) is 0 Å². The second-order valence-electron chi connectivity index (χ2n) is 10.2. The summed E-state index contributed by atoms with van der Waals surface area (Å²) in [6.45, 7) is 9.30. The lowest BCUT2D eigenvalue weighted by Crippen LogP contribution is -2.49. The molecule has 200 valence electrons. The maximum absolute atomic E-state index is 13.5. The molecule has 0 bridgehead atoms. The van der Waals surface area contributed by atoms with Crippen molar-refractivity contribution in [2.24, 2.45) is 4.99 Å². The number of nitrogens with zero attached hydrogens (tertiary/aromatic N) is 4. The zero-order valence-electron chi connectivity index (χ0n) is 22.7. The van der Waals surface area contributed by atoms with Gasteiger partial charge in [-0.15, -0.1) is 0 Å². The Kier molecular flexibility index (Phi) is 8.17. The SMILES string of the molecule is Cc1ccc(N2C(=O)C(=Cc3ccc(C(C)C)cc3)N=C2SCC(=O)N2CCN(c3ccccc3)CC2)cc1. The van der Waals surface area contributed by atoms with Crippen LogP contribution in [-0.2, 0) is 9.59 Å². The van der Waals surface area contributed by atoms with E-state index in [0.29, 0.717) is 29.9 Å². The Morgan fingerprint density at radius 3 is 2.21 bits per heavy atom. The van der Waals surface area contributed by atoms with Gasteiger partial charge in [0.25, 0.3) is 5.91 Å². The molecule has 3 aromatic carbocycles. The molecule has 2 aliphatic heterocycles. The van der Waals surface area contributed by atoms with E-state index in [-0.39, 0.29) is 17.6 Å². The van der Waals surface area contributed by atoms with Gasteiger partial charge in [0, 0.05) is 31.9 Å². The van der Waals surface area contributed by atoms with Crippen LogP contribution in [0.2, 0.25) is 0 Å². The number of hydrogen-bond acceptors (Lipinski definition) is 5. The summed E-state index contributed by atoms with van der Waals surface area (Å²) >= 11 is 1.32. The predicted octanol–water partition coefficient (Wildman–Crippen LogP) is 5.94. The molecule has 0 aromatic heterocycles. The summed E-state index contributed by atoms with van der Waals surface area (Å²) in [5.41, 5.74) is 5.60. The van der Waals surface area contributed by atoms with Gasteiger partial charge >= 0.3 is 0 Å². The minimum absolute atomic E-state index is 0.0634. The van der Waals surface area contributed by atoms with Crippen LogP contribution in [0.4, 0.5) is 11.4 Å². The Labute approximate surface area is 235 Å². The molecule has 39 heavy (non-hydrogen) atoms. The summed E-state index contributed by atoms with van der Waals surface area (Å²) in [5.74, 6) is 0.555. The van der Waals surface area contributed by atoms with Gasteiger partial charge < -0.3 is 9.80 Å². The third-order valence-electron chi connectivity index (χ3n) is 7.11. The Morgan fingerprint density at radius 1 is 0.897 bits per heavy atom. The van der Waals surface area contributed by atoms with E-state index in [1.54, 1.807) is 4.90 Å². The average Bonchev–Trinajstić information content (AvgIpc) is 3.27. The number of amidine groups is 1. The Hall–Kier alpha value is -3.84. The number of anilines is 2. The smallest absolute Gasteiger partial charge is 0.283 e. The van der Waals surface area contributed by atoms with Crippen LogP contribution in [0.1, 0.15) is 36.5 Å². The standard InChI is InChI=1S/C32H34N4O2S/c1-23(2)26-13-11-25(12-14-26)21-29-31(38)36(28-15-9-24(3)10-16-28)32(33-29)39-22-30(37)35-19-17-34(18-20-35)27-7-5-4-6-8-27/h4-16,21,23H,17-20,22H2,1-3H3. The Bertz CT molecular complexity index is 1370. The largest absolute Gasteiger partial charge is 0.368 e. The third-order valence-corrected chi connectivity index (χ3v) is 8.03. The number of thioether (sulfide) groups is 1. The van der Waals surface area contributed by atoms with Gasteiger partial charge in [0.2, 0.25) is 5.91 Å². The second-order valence-corrected chi connectivity index (χ2v) is 11.2. The van der Waals surface area contributed by atoms with E-state index in [1.807, 2.05) is 72.5 Å². The van der Waals surface area contributed by atoms with Crippen LogP contribution < -0.4 is 9.80 Å². The second kappa shape index (κ2) is 11.9. The molecular formula is C32H34N4O2S. The van der Waals surface area contributed by atoms with Crippen molar-refractivity contribution >= 4 is 46.2 Å². The Morgan fingerprint density at radius 2 is 1.56 bits per heavy atom. The van der Waals surface area contributed by atoms with Gasteiger partial charge in [-0.25, -0.2) is 4.99 Å². The van der Waals surface area contributed by atoms with E-state index in [4.69, 9.17) is 4.99 Å². The first kappa shape index (κ1) is 26.8. The molecule has 2 amide bonds. The number of aryl methyl sites for hydroxylation is 1. The third kappa shape index (κ3) is 6.25. The molecular weight excluding hydrogens is 504 g/mol. The van der Waals surface area contributed by atoms with Crippen molar-refractivity contribution in [3.8, 4) is 0 Å². The van der Waals surface area contributed by atoms with E-state index in [9.17, 15) is 9.59 Å². The molecule has 5 rings (SSSR count). The summed E-state index contributed by atoms with van der Waals surface area (Å²) in [7, 11) is 0. The van der Waals surface area contributed by atoms with Crippen molar-refractivity contribution in [2.45, 2.75) is 26.7 Å². The van der Waals surface area contributed by atoms with Crippen molar-refractivity contribution in [3.63, 3.8) is 0 Å². The predicted molar refractivity (Wildman–Crippen MR) is 162 cm³/mol. The highest BCUT2D eigenvalue weighted by Crippen LogP contribution is 2.30. The topological polar surface area (TPSA) is 56.2 Å². The van der Waals surface area contributed by atoms with Gasteiger partial charge in [0.15, 0.2) is 5.17 Å². The monoisotopic (exact) mass is 538 g/mol. The highest BCUT2D eigenvalue weighted by atomic mass is 32.2. The van der Waals surface area contributed by atoms with Crippen LogP contribution >= 0.6 is 11.8 Å². The normalized spacial score (nSPS) is 16.8. The number of rotatable bonds is 6. The van der Waals surface area contributed by atoms with Crippen LogP contribution in [-0.4, -0.2) is 53.8 Å². The molecule has 0 N–H and O–H groups in total. The number of piperazine rings is 1. The number of benzene rings is 3. The van der Waals surface area contributed by atoms with Crippen molar-refractivity contribution in [1.82, 2.24) is 4.90 Å². The summed E-state index contributed by atoms with van der Waals surface area (Å²) in [4.78, 5) is 37.2. The molecule has 6 nitrogen and oxygen atoms in total. The van der Waals surface area contributed by atoms with Gasteiger partial charge in [-0.2, -0.15) is 0 Å². The lowest BCUT2D eigenvalue weighted by Gasteiger charge is -2.36. The molecule has 1 saturated heterocycles. The minimum Gasteiger partial charge on any atom is -0.368 e. The molecule has 0 spiro atoms. The molecule has 0 radical (unpaired) electrons. The van der Waals surface area contributed by atoms with Gasteiger partial charge in [-0.3, -0.25) is 14.5 Å². The fourth-order valence-corrected chi connectivity index (χ4v) is 5.64. The fourth-order valence-electron chi connectivity index (χ4n) is 4.72. The van der Waals surface area contributed by atoms with Crippen molar-refractivity contribution in [2.75, 3.05) is 41.7 Å². The molecule has 3 aromatic rings. The maximum atomic E-state index is 13.5. The number of hydrogen-bond donors (Lipinski definition) is 0. The zero-order chi connectivity index (χ0) is 27.4. The van der Waals surface area contributed by atoms with Crippen molar-refractivity contribution in [3.05, 3.63) is 101 Å². The Balaban J connectivity index is 1.30. The molecule has 7 heteroatoms. The van der Waals surface area contributed by atoms with E-state index in [2.05, 4.69) is 43.0 Å². The number of carbonyl (C=O) groups excluding carboxylic acids is 2. The number of carbonyl (C=O) groups is 2. The van der Waals surface area contributed by atoms with Gasteiger partial charge in [-0.05, 0) is 54.3 Å². The summed E-state index contributed by atoms with van der Waals surface area (Å²) in [6, 6.07) is 26.3. The van der Waals surface area contributed by atoms with Gasteiger partial charge in [0.1, 0.15) is 5.70 Å². The highest BCUT2D eigenvalue weighted by Gasteiger charge is 2.33. The maximum Gasteiger partial charge on any atom is 0.283 e. The van der Waals surface area contributed by atoms with Crippen LogP contribution in [0.25, 0.3) is 6.08 Å². The fraction of sp³-hybridized carbons (Fsp3) is 0.281. The number of amides is 2. The number of para-hydroxylation sites is 1. The summed E-state index contributed by atoms with van der Waals surface area (Å²) in [5, 5.41) is 0.533. The van der Waals surface area contributed by atoms with Crippen molar-refractivity contribution < 1.29 is 9.59 Å². The molecule has 0 aliphatic carbocycles. The lowest BCUT2D eigenvalue weighted by molar-refractivity contribution is -0.128. The minimum atomic E-state index is -0.182. The van der Waals surface area contributed by atoms with E-state index >= 15 is 0 Å². The van der Waals surface area contributed by atoms with Crippen LogP contribution in [0.5, 0.6) is 0 Å². The lowest BCUT2D eigenvalue weighted by atomic mass is 10.0. The van der Waals surface area contributed by atoms with Gasteiger partial charge in [0.05, 0.1) is 11.4 Å². The quantitative estimate of drug-likeness (QED) is 0.364. The average molecular weight is 539 g/mol. The molecule has 1 fully saturated rings. The first-order valence-corrected chi connectivity index (χ1v) is 14.4. The van der Waals surface area contributed by atoms with Crippen LogP contribution in [0.15, 0.2) is 89.6 Å². The highest BCUT2D eigenvalue weighted by molar-refractivity contribution is 8.14. The molecule has 2 aliphatic rings. The van der Waals surface area contributed by atoms with Crippen LogP contribution in [0, 0.1) is 6.92 Å². The summed E-state index contributed by atoms with van der Waals surface area (Å²) in [6.07, 6.45) is 1.83. The van der Waals surface area contributed by atoms with Crippen molar-refractivity contribution in [1.29, 1.82) is 0 Å². The molecule has 2 heterocycles. The molecule has 0 atom stereocenters. The first-order chi connectivity index (χ1) is 18.9. The first-order valence-electron chi connectivity index (χ1n) is 13.4. The number of aliphatic imine (C=N–C) groups is 1. The molecule has 0 saturated carbocycles. The van der Waals surface area contributed by atoms with E-state index in [0.717, 1.165) is 29.9 Å².